The second-order valence-electron chi connectivity index (χ2n) is 5.43. The Morgan fingerprint density at radius 2 is 2.11 bits per heavy atom. The van der Waals surface area contributed by atoms with Gasteiger partial charge in [-0.25, -0.2) is 0 Å². The first-order valence-electron chi connectivity index (χ1n) is 6.86. The number of amides is 1. The third-order valence-electron chi connectivity index (χ3n) is 4.29. The van der Waals surface area contributed by atoms with Crippen LogP contribution in [-0.2, 0) is 4.79 Å². The van der Waals surface area contributed by atoms with Gasteiger partial charge >= 0.3 is 0 Å². The Hall–Kier alpha value is -1.35. The summed E-state index contributed by atoms with van der Waals surface area (Å²) in [6.07, 6.45) is 2.30. The number of carbonyl (C=O) groups excluding carboxylic acids is 1. The molecule has 0 saturated carbocycles. The Morgan fingerprint density at radius 1 is 1.33 bits per heavy atom. The first kappa shape index (κ1) is 11.7. The van der Waals surface area contributed by atoms with E-state index >= 15 is 0 Å². The van der Waals surface area contributed by atoms with Crippen molar-refractivity contribution >= 4 is 5.91 Å². The average molecular weight is 244 g/mol. The summed E-state index contributed by atoms with van der Waals surface area (Å²) in [7, 11) is 0. The maximum atomic E-state index is 12.5. The van der Waals surface area contributed by atoms with Gasteiger partial charge in [-0.15, -0.1) is 0 Å². The molecule has 0 aliphatic carbocycles. The molecule has 2 aliphatic heterocycles. The molecule has 1 amide bonds. The summed E-state index contributed by atoms with van der Waals surface area (Å²) in [5.74, 6) is 0.645. The van der Waals surface area contributed by atoms with E-state index in [1.54, 1.807) is 0 Å². The lowest BCUT2D eigenvalue weighted by molar-refractivity contribution is -0.136. The van der Waals surface area contributed by atoms with E-state index in [0.29, 0.717) is 17.9 Å². The van der Waals surface area contributed by atoms with Crippen molar-refractivity contribution in [1.29, 1.82) is 0 Å². The lowest BCUT2D eigenvalue weighted by Crippen LogP contribution is -2.60. The third-order valence-corrected chi connectivity index (χ3v) is 4.29. The monoisotopic (exact) mass is 244 g/mol. The molecule has 1 aromatic carbocycles. The van der Waals surface area contributed by atoms with Crippen LogP contribution in [0.15, 0.2) is 30.3 Å². The van der Waals surface area contributed by atoms with Crippen molar-refractivity contribution in [2.45, 2.75) is 37.8 Å². The van der Waals surface area contributed by atoms with E-state index in [1.807, 2.05) is 23.1 Å². The molecule has 1 aromatic rings. The van der Waals surface area contributed by atoms with E-state index in [-0.39, 0.29) is 6.04 Å². The quantitative estimate of drug-likeness (QED) is 0.859. The smallest absolute Gasteiger partial charge is 0.240 e. The normalized spacial score (nSPS) is 31.2. The molecule has 2 heterocycles. The van der Waals surface area contributed by atoms with E-state index in [0.717, 1.165) is 25.9 Å². The molecule has 2 fully saturated rings. The van der Waals surface area contributed by atoms with Gasteiger partial charge in [0.2, 0.25) is 5.91 Å². The number of nitrogens with zero attached hydrogens (tertiary/aromatic N) is 1. The molecule has 0 aromatic heterocycles. The topological polar surface area (TPSA) is 32.3 Å². The maximum Gasteiger partial charge on any atom is 0.240 e. The van der Waals surface area contributed by atoms with Crippen molar-refractivity contribution < 1.29 is 4.79 Å². The van der Waals surface area contributed by atoms with Crippen LogP contribution >= 0.6 is 0 Å². The number of nitrogens with one attached hydrogen (secondary N) is 1. The SMILES string of the molecule is C[C@@H]1CCCN1C(=O)[C@H]1NC[C@@H]1c1ccccc1. The van der Waals surface area contributed by atoms with Gasteiger partial charge in [-0.1, -0.05) is 30.3 Å². The zero-order chi connectivity index (χ0) is 12.5. The van der Waals surface area contributed by atoms with Crippen LogP contribution in [0.1, 0.15) is 31.2 Å². The fourth-order valence-electron chi connectivity index (χ4n) is 3.06. The van der Waals surface area contributed by atoms with E-state index in [9.17, 15) is 4.79 Å². The fourth-order valence-corrected chi connectivity index (χ4v) is 3.06. The van der Waals surface area contributed by atoms with Gasteiger partial charge in [-0.3, -0.25) is 4.79 Å². The van der Waals surface area contributed by atoms with Crippen LogP contribution in [0.5, 0.6) is 0 Å². The lowest BCUT2D eigenvalue weighted by Gasteiger charge is -2.40. The Morgan fingerprint density at radius 3 is 2.67 bits per heavy atom. The highest BCUT2D eigenvalue weighted by Gasteiger charge is 2.41. The predicted octanol–water partition coefficient (Wildman–Crippen LogP) is 1.75. The summed E-state index contributed by atoms with van der Waals surface area (Å²) < 4.78 is 0. The third kappa shape index (κ3) is 1.93. The van der Waals surface area contributed by atoms with Crippen molar-refractivity contribution in [3.05, 3.63) is 35.9 Å². The Labute approximate surface area is 108 Å². The summed E-state index contributed by atoms with van der Waals surface area (Å²) in [6.45, 7) is 4.00. The second-order valence-corrected chi connectivity index (χ2v) is 5.43. The van der Waals surface area contributed by atoms with Crippen LogP contribution in [0, 0.1) is 0 Å². The van der Waals surface area contributed by atoms with E-state index in [4.69, 9.17) is 0 Å². The highest BCUT2D eigenvalue weighted by Crippen LogP contribution is 2.29. The maximum absolute atomic E-state index is 12.5. The van der Waals surface area contributed by atoms with Gasteiger partial charge in [-0.2, -0.15) is 0 Å². The Bertz CT molecular complexity index is 431. The van der Waals surface area contributed by atoms with Crippen LogP contribution in [0.25, 0.3) is 0 Å². The molecule has 3 rings (SSSR count). The highest BCUT2D eigenvalue weighted by molar-refractivity contribution is 5.84. The van der Waals surface area contributed by atoms with Gasteiger partial charge in [0.1, 0.15) is 0 Å². The van der Waals surface area contributed by atoms with Crippen LogP contribution < -0.4 is 5.32 Å². The molecule has 1 N–H and O–H groups in total. The second kappa shape index (κ2) is 4.73. The lowest BCUT2D eigenvalue weighted by atomic mass is 9.84. The van der Waals surface area contributed by atoms with Crippen LogP contribution in [0.2, 0.25) is 0 Å². The standard InChI is InChI=1S/C15H20N2O/c1-11-6-5-9-17(11)15(18)14-13(10-16-14)12-7-3-2-4-8-12/h2-4,7-8,11,13-14,16H,5-6,9-10H2,1H3/t11-,13-,14+/m1/s1. The fraction of sp³-hybridized carbons (Fsp3) is 0.533. The molecule has 0 radical (unpaired) electrons. The summed E-state index contributed by atoms with van der Waals surface area (Å²) in [6, 6.07) is 10.8. The molecular formula is C15H20N2O. The molecule has 2 aliphatic rings. The number of rotatable bonds is 2. The Kier molecular flexibility index (Phi) is 3.08. The zero-order valence-corrected chi connectivity index (χ0v) is 10.8. The van der Waals surface area contributed by atoms with Crippen LogP contribution in [0.4, 0.5) is 0 Å². The van der Waals surface area contributed by atoms with Gasteiger partial charge in [0.05, 0.1) is 6.04 Å². The highest BCUT2D eigenvalue weighted by atomic mass is 16.2. The van der Waals surface area contributed by atoms with Crippen molar-refractivity contribution in [2.24, 2.45) is 0 Å². The largest absolute Gasteiger partial charge is 0.339 e. The van der Waals surface area contributed by atoms with Crippen molar-refractivity contribution in [1.82, 2.24) is 10.2 Å². The van der Waals surface area contributed by atoms with Crippen molar-refractivity contribution in [3.8, 4) is 0 Å². The molecule has 0 bridgehead atoms. The first-order chi connectivity index (χ1) is 8.77. The molecule has 18 heavy (non-hydrogen) atoms. The summed E-state index contributed by atoms with van der Waals surface area (Å²) in [5, 5.41) is 3.30. The van der Waals surface area contributed by atoms with Crippen LogP contribution in [0.3, 0.4) is 0 Å². The first-order valence-corrected chi connectivity index (χ1v) is 6.86. The van der Waals surface area contributed by atoms with Gasteiger partial charge in [0, 0.05) is 25.0 Å². The zero-order valence-electron chi connectivity index (χ0n) is 10.8. The van der Waals surface area contributed by atoms with E-state index in [2.05, 4.69) is 24.4 Å². The van der Waals surface area contributed by atoms with Crippen LogP contribution in [-0.4, -0.2) is 36.0 Å². The molecular weight excluding hydrogens is 224 g/mol. The molecule has 3 atom stereocenters. The molecule has 3 heteroatoms. The molecule has 0 spiro atoms. The summed E-state index contributed by atoms with van der Waals surface area (Å²) in [5.41, 5.74) is 1.28. The minimum atomic E-state index is -0.00653. The predicted molar refractivity (Wildman–Crippen MR) is 71.4 cm³/mol. The number of likely N-dealkylation sites (tertiary alicyclic amines) is 1. The molecule has 3 nitrogen and oxygen atoms in total. The number of benzene rings is 1. The van der Waals surface area contributed by atoms with Gasteiger partial charge in [-0.05, 0) is 25.3 Å². The number of hydrogen-bond donors (Lipinski definition) is 1. The van der Waals surface area contributed by atoms with Gasteiger partial charge in [0.25, 0.3) is 0 Å². The molecule has 96 valence electrons. The minimum absolute atomic E-state index is 0.00653. The minimum Gasteiger partial charge on any atom is -0.339 e. The van der Waals surface area contributed by atoms with Gasteiger partial charge in [0.15, 0.2) is 0 Å². The molecule has 0 unspecified atom stereocenters. The van der Waals surface area contributed by atoms with Crippen molar-refractivity contribution in [2.75, 3.05) is 13.1 Å². The summed E-state index contributed by atoms with van der Waals surface area (Å²) >= 11 is 0. The average Bonchev–Trinajstić information content (AvgIpc) is 2.75. The van der Waals surface area contributed by atoms with Gasteiger partial charge < -0.3 is 10.2 Å². The Balaban J connectivity index is 1.72. The number of hydrogen-bond acceptors (Lipinski definition) is 2. The van der Waals surface area contributed by atoms with E-state index in [1.165, 1.54) is 5.56 Å². The van der Waals surface area contributed by atoms with E-state index < -0.39 is 0 Å². The number of carbonyl (C=O) groups is 1. The van der Waals surface area contributed by atoms with Crippen molar-refractivity contribution in [3.63, 3.8) is 0 Å². The summed E-state index contributed by atoms with van der Waals surface area (Å²) in [4.78, 5) is 14.5. The molecule has 2 saturated heterocycles.